The van der Waals surface area contributed by atoms with Crippen LogP contribution in [0.3, 0.4) is 0 Å². The van der Waals surface area contributed by atoms with Gasteiger partial charge in [-0.3, -0.25) is 4.79 Å². The van der Waals surface area contributed by atoms with E-state index in [0.29, 0.717) is 24.2 Å². The zero-order valence-corrected chi connectivity index (χ0v) is 15.9. The number of aryl methyl sites for hydroxylation is 2. The number of carbonyl (C=O) groups is 1. The van der Waals surface area contributed by atoms with E-state index in [1.165, 1.54) is 0 Å². The van der Waals surface area contributed by atoms with Crippen molar-refractivity contribution >= 4 is 27.8 Å². The Hall–Kier alpha value is -2.02. The van der Waals surface area contributed by atoms with E-state index in [1.54, 1.807) is 6.20 Å². The molecule has 1 amide bonds. The Morgan fingerprint density at radius 2 is 2.00 bits per heavy atom. The monoisotopic (exact) mass is 401 g/mol. The Bertz CT molecular complexity index is 807. The van der Waals surface area contributed by atoms with Crippen LogP contribution in [0.2, 0.25) is 0 Å². The molecule has 130 valence electrons. The summed E-state index contributed by atoms with van der Waals surface area (Å²) >= 11 is 3.43. The van der Waals surface area contributed by atoms with E-state index >= 15 is 0 Å². The number of amides is 1. The third kappa shape index (κ3) is 3.01. The molecular formula is C18H20BrN5O. The van der Waals surface area contributed by atoms with Gasteiger partial charge in [-0.25, -0.2) is 15.0 Å². The van der Waals surface area contributed by atoms with Gasteiger partial charge < -0.3 is 9.80 Å². The van der Waals surface area contributed by atoms with Crippen molar-refractivity contribution in [2.45, 2.75) is 26.3 Å². The van der Waals surface area contributed by atoms with Crippen molar-refractivity contribution in [1.29, 1.82) is 0 Å². The van der Waals surface area contributed by atoms with Gasteiger partial charge in [0, 0.05) is 47.6 Å². The van der Waals surface area contributed by atoms with Gasteiger partial charge in [0.05, 0.1) is 6.04 Å². The molecule has 2 aliphatic rings. The molecule has 4 rings (SSSR count). The molecule has 6 nitrogen and oxygen atoms in total. The number of halogens is 1. The molecule has 0 radical (unpaired) electrons. The van der Waals surface area contributed by atoms with Crippen LogP contribution in [0, 0.1) is 19.8 Å². The molecule has 0 N–H and O–H groups in total. The molecule has 25 heavy (non-hydrogen) atoms. The Morgan fingerprint density at radius 3 is 2.72 bits per heavy atom. The van der Waals surface area contributed by atoms with Crippen LogP contribution in [-0.2, 0) is 0 Å². The van der Waals surface area contributed by atoms with Gasteiger partial charge in [-0.1, -0.05) is 0 Å². The highest BCUT2D eigenvalue weighted by Gasteiger charge is 2.45. The molecule has 4 heterocycles. The largest absolute Gasteiger partial charge is 0.335 e. The summed E-state index contributed by atoms with van der Waals surface area (Å²) in [6.07, 6.45) is 2.67. The van der Waals surface area contributed by atoms with E-state index in [-0.39, 0.29) is 5.91 Å². The van der Waals surface area contributed by atoms with E-state index < -0.39 is 0 Å². The fourth-order valence-corrected chi connectivity index (χ4v) is 4.16. The maximum absolute atomic E-state index is 12.8. The average Bonchev–Trinajstić information content (AvgIpc) is 2.55. The minimum Gasteiger partial charge on any atom is -0.335 e. The van der Waals surface area contributed by atoms with E-state index in [9.17, 15) is 4.79 Å². The first kappa shape index (κ1) is 16.4. The molecule has 7 heteroatoms. The first-order chi connectivity index (χ1) is 12.0. The second kappa shape index (κ2) is 6.37. The Kier molecular flexibility index (Phi) is 4.19. The number of pyridine rings is 1. The summed E-state index contributed by atoms with van der Waals surface area (Å²) in [6, 6.07) is 5.95. The van der Waals surface area contributed by atoms with Gasteiger partial charge in [-0.05, 0) is 54.4 Å². The zero-order valence-electron chi connectivity index (χ0n) is 14.3. The number of nitrogens with zero attached hydrogens (tertiary/aromatic N) is 5. The number of aromatic nitrogens is 3. The highest BCUT2D eigenvalue weighted by atomic mass is 79.9. The molecule has 0 aliphatic carbocycles. The number of fused-ring (bicyclic) bond motifs is 1. The van der Waals surface area contributed by atoms with Crippen molar-refractivity contribution < 1.29 is 4.79 Å². The summed E-state index contributed by atoms with van der Waals surface area (Å²) in [4.78, 5) is 30.4. The number of piperidine rings is 1. The summed E-state index contributed by atoms with van der Waals surface area (Å²) in [5, 5.41) is 0. The fourth-order valence-electron chi connectivity index (χ4n) is 3.74. The third-order valence-electron chi connectivity index (χ3n) is 5.03. The second-order valence-electron chi connectivity index (χ2n) is 6.80. The Balaban J connectivity index is 1.52. The topological polar surface area (TPSA) is 62.2 Å². The van der Waals surface area contributed by atoms with Crippen molar-refractivity contribution in [3.05, 3.63) is 46.0 Å². The van der Waals surface area contributed by atoms with E-state index in [4.69, 9.17) is 0 Å². The molecule has 0 spiro atoms. The number of anilines is 1. The van der Waals surface area contributed by atoms with Gasteiger partial charge in [0.15, 0.2) is 0 Å². The minimum atomic E-state index is -0.0147. The predicted molar refractivity (Wildman–Crippen MR) is 98.6 cm³/mol. The molecule has 2 atom stereocenters. The van der Waals surface area contributed by atoms with Crippen molar-refractivity contribution in [3.8, 4) is 0 Å². The van der Waals surface area contributed by atoms with Crippen molar-refractivity contribution in [3.63, 3.8) is 0 Å². The third-order valence-corrected chi connectivity index (χ3v) is 5.67. The molecule has 2 aromatic heterocycles. The number of carbonyl (C=O) groups excluding carboxylic acids is 1. The van der Waals surface area contributed by atoms with Crippen molar-refractivity contribution in [2.75, 3.05) is 24.5 Å². The van der Waals surface area contributed by atoms with Crippen LogP contribution >= 0.6 is 15.9 Å². The van der Waals surface area contributed by atoms with Crippen LogP contribution in [0.1, 0.15) is 28.3 Å². The standard InChI is InChI=1S/C18H20BrN5O/c1-11-8-12(2)22-18(21-11)24-9-13-5-7-23(10-15(13)24)17(25)16-14(19)4-3-6-20-16/h3-4,6,8,13,15H,5,7,9-10H2,1-2H3/t13-,15-/m0/s1. The van der Waals surface area contributed by atoms with Crippen molar-refractivity contribution in [2.24, 2.45) is 5.92 Å². The molecule has 2 aromatic rings. The fraction of sp³-hybridized carbons (Fsp3) is 0.444. The molecule has 0 saturated carbocycles. The lowest BCUT2D eigenvalue weighted by Crippen LogP contribution is -2.65. The van der Waals surface area contributed by atoms with Gasteiger partial charge in [-0.2, -0.15) is 0 Å². The summed E-state index contributed by atoms with van der Waals surface area (Å²) in [7, 11) is 0. The quantitative estimate of drug-likeness (QED) is 0.773. The Morgan fingerprint density at radius 1 is 1.24 bits per heavy atom. The highest BCUT2D eigenvalue weighted by molar-refractivity contribution is 9.10. The van der Waals surface area contributed by atoms with Crippen molar-refractivity contribution in [1.82, 2.24) is 19.9 Å². The lowest BCUT2D eigenvalue weighted by Gasteiger charge is -2.53. The number of hydrogen-bond donors (Lipinski definition) is 0. The van der Waals surface area contributed by atoms with Gasteiger partial charge in [-0.15, -0.1) is 0 Å². The van der Waals surface area contributed by atoms with Crippen LogP contribution in [0.5, 0.6) is 0 Å². The smallest absolute Gasteiger partial charge is 0.273 e. The lowest BCUT2D eigenvalue weighted by atomic mass is 9.82. The molecule has 2 saturated heterocycles. The molecule has 0 unspecified atom stereocenters. The SMILES string of the molecule is Cc1cc(C)nc(N2C[C@@H]3CCN(C(=O)c4ncccc4Br)C[C@@H]32)n1. The maximum atomic E-state index is 12.8. The molecule has 0 bridgehead atoms. The van der Waals surface area contributed by atoms with Crippen LogP contribution < -0.4 is 4.90 Å². The first-order valence-corrected chi connectivity index (χ1v) is 9.31. The number of hydrogen-bond acceptors (Lipinski definition) is 5. The van der Waals surface area contributed by atoms with E-state index in [0.717, 1.165) is 41.3 Å². The number of rotatable bonds is 2. The zero-order chi connectivity index (χ0) is 17.6. The van der Waals surface area contributed by atoms with Gasteiger partial charge >= 0.3 is 0 Å². The second-order valence-corrected chi connectivity index (χ2v) is 7.66. The summed E-state index contributed by atoms with van der Waals surface area (Å²) in [5.74, 6) is 1.38. The van der Waals surface area contributed by atoms with Crippen LogP contribution in [0.25, 0.3) is 0 Å². The van der Waals surface area contributed by atoms with E-state index in [1.807, 2.05) is 36.9 Å². The van der Waals surface area contributed by atoms with Gasteiger partial charge in [0.1, 0.15) is 5.69 Å². The van der Waals surface area contributed by atoms with Gasteiger partial charge in [0.25, 0.3) is 5.91 Å². The summed E-state index contributed by atoms with van der Waals surface area (Å²) < 4.78 is 0.741. The van der Waals surface area contributed by atoms with Gasteiger partial charge in [0.2, 0.25) is 5.95 Å². The minimum absolute atomic E-state index is 0.0147. The molecule has 2 fully saturated rings. The van der Waals surface area contributed by atoms with Crippen LogP contribution in [0.4, 0.5) is 5.95 Å². The maximum Gasteiger partial charge on any atom is 0.273 e. The number of likely N-dealkylation sites (tertiary alicyclic amines) is 1. The predicted octanol–water partition coefficient (Wildman–Crippen LogP) is 2.60. The van der Waals surface area contributed by atoms with Crippen LogP contribution in [0.15, 0.2) is 28.9 Å². The molecular weight excluding hydrogens is 382 g/mol. The normalized spacial score (nSPS) is 22.4. The summed E-state index contributed by atoms with van der Waals surface area (Å²) in [5.41, 5.74) is 2.44. The summed E-state index contributed by atoms with van der Waals surface area (Å²) in [6.45, 7) is 6.44. The lowest BCUT2D eigenvalue weighted by molar-refractivity contribution is 0.0583. The average molecular weight is 402 g/mol. The molecule has 0 aromatic carbocycles. The highest BCUT2D eigenvalue weighted by Crippen LogP contribution is 2.35. The van der Waals surface area contributed by atoms with Crippen LogP contribution in [-0.4, -0.2) is 51.4 Å². The first-order valence-electron chi connectivity index (χ1n) is 8.51. The molecule has 2 aliphatic heterocycles. The van der Waals surface area contributed by atoms with E-state index in [2.05, 4.69) is 35.8 Å². The Labute approximate surface area is 155 Å².